The van der Waals surface area contributed by atoms with Crippen LogP contribution in [0.1, 0.15) is 31.4 Å². The van der Waals surface area contributed by atoms with Gasteiger partial charge in [0.25, 0.3) is 0 Å². The van der Waals surface area contributed by atoms with E-state index in [-0.39, 0.29) is 6.61 Å². The van der Waals surface area contributed by atoms with E-state index in [4.69, 9.17) is 5.11 Å². The standard InChI is InChI=1S/C14H18O2/c1-14(2,16)9-8-13-6-3-5-12(11-13)7-4-10-15/h3,5-6,11,15-16H,4,7,10H2,1-2H3. The molecule has 0 aromatic heterocycles. The van der Waals surface area contributed by atoms with Gasteiger partial charge in [-0.15, -0.1) is 0 Å². The van der Waals surface area contributed by atoms with Crippen molar-refractivity contribution in [2.24, 2.45) is 0 Å². The lowest BCUT2D eigenvalue weighted by atomic mass is 10.1. The predicted molar refractivity (Wildman–Crippen MR) is 65.0 cm³/mol. The van der Waals surface area contributed by atoms with Crippen LogP contribution in [0.2, 0.25) is 0 Å². The molecule has 0 spiro atoms. The maximum Gasteiger partial charge on any atom is 0.120 e. The normalized spacial score (nSPS) is 10.8. The number of hydrogen-bond acceptors (Lipinski definition) is 2. The third kappa shape index (κ3) is 4.97. The third-order valence-corrected chi connectivity index (χ3v) is 2.06. The van der Waals surface area contributed by atoms with Crippen LogP contribution in [0.4, 0.5) is 0 Å². The molecule has 0 radical (unpaired) electrons. The van der Waals surface area contributed by atoms with Crippen molar-refractivity contribution in [1.29, 1.82) is 0 Å². The molecule has 2 nitrogen and oxygen atoms in total. The number of aliphatic hydroxyl groups excluding tert-OH is 1. The smallest absolute Gasteiger partial charge is 0.120 e. The fourth-order valence-corrected chi connectivity index (χ4v) is 1.31. The van der Waals surface area contributed by atoms with Gasteiger partial charge in [0.1, 0.15) is 5.60 Å². The highest BCUT2D eigenvalue weighted by molar-refractivity contribution is 5.38. The van der Waals surface area contributed by atoms with Crippen molar-refractivity contribution in [3.05, 3.63) is 35.4 Å². The Morgan fingerprint density at radius 1 is 1.31 bits per heavy atom. The Hall–Kier alpha value is -1.30. The second-order valence-corrected chi connectivity index (χ2v) is 4.34. The van der Waals surface area contributed by atoms with Gasteiger partial charge in [0.15, 0.2) is 0 Å². The van der Waals surface area contributed by atoms with Crippen molar-refractivity contribution in [1.82, 2.24) is 0 Å². The molecule has 0 aliphatic heterocycles. The van der Waals surface area contributed by atoms with Crippen LogP contribution in [0.5, 0.6) is 0 Å². The summed E-state index contributed by atoms with van der Waals surface area (Å²) in [6, 6.07) is 7.88. The van der Waals surface area contributed by atoms with Crippen molar-refractivity contribution in [3.63, 3.8) is 0 Å². The minimum atomic E-state index is -0.957. The number of hydrogen-bond donors (Lipinski definition) is 2. The van der Waals surface area contributed by atoms with Crippen LogP contribution in [0.25, 0.3) is 0 Å². The lowest BCUT2D eigenvalue weighted by molar-refractivity contribution is 0.143. The van der Waals surface area contributed by atoms with E-state index in [9.17, 15) is 5.11 Å². The molecule has 0 aliphatic carbocycles. The van der Waals surface area contributed by atoms with Crippen molar-refractivity contribution < 1.29 is 10.2 Å². The number of aryl methyl sites for hydroxylation is 1. The number of rotatable bonds is 3. The van der Waals surface area contributed by atoms with Crippen LogP contribution >= 0.6 is 0 Å². The SMILES string of the molecule is CC(C)(O)C#Cc1cccc(CCCO)c1. The first-order valence-electron chi connectivity index (χ1n) is 5.46. The molecule has 16 heavy (non-hydrogen) atoms. The fourth-order valence-electron chi connectivity index (χ4n) is 1.31. The Bertz CT molecular complexity index is 391. The molecule has 2 N–H and O–H groups in total. The minimum Gasteiger partial charge on any atom is -0.396 e. The zero-order chi connectivity index (χ0) is 12.0. The molecule has 1 rings (SSSR count). The Morgan fingerprint density at radius 2 is 2.06 bits per heavy atom. The van der Waals surface area contributed by atoms with E-state index in [1.165, 1.54) is 0 Å². The van der Waals surface area contributed by atoms with Crippen molar-refractivity contribution in [2.45, 2.75) is 32.3 Å². The van der Waals surface area contributed by atoms with E-state index in [0.717, 1.165) is 24.0 Å². The Labute approximate surface area is 96.9 Å². The van der Waals surface area contributed by atoms with Crippen LogP contribution in [-0.4, -0.2) is 22.4 Å². The van der Waals surface area contributed by atoms with Crippen molar-refractivity contribution >= 4 is 0 Å². The maximum absolute atomic E-state index is 9.48. The summed E-state index contributed by atoms with van der Waals surface area (Å²) < 4.78 is 0. The topological polar surface area (TPSA) is 40.5 Å². The summed E-state index contributed by atoms with van der Waals surface area (Å²) in [7, 11) is 0. The van der Waals surface area contributed by atoms with Gasteiger partial charge < -0.3 is 10.2 Å². The van der Waals surface area contributed by atoms with Crippen LogP contribution in [0.15, 0.2) is 24.3 Å². The van der Waals surface area contributed by atoms with Crippen LogP contribution < -0.4 is 0 Å². The zero-order valence-electron chi connectivity index (χ0n) is 9.83. The van der Waals surface area contributed by atoms with Crippen LogP contribution in [0, 0.1) is 11.8 Å². The van der Waals surface area contributed by atoms with Gasteiger partial charge in [0.2, 0.25) is 0 Å². The van der Waals surface area contributed by atoms with Gasteiger partial charge >= 0.3 is 0 Å². The molecule has 0 amide bonds. The Balaban J connectivity index is 2.77. The Kier molecular flexibility index (Phi) is 4.54. The molecule has 2 heteroatoms. The Morgan fingerprint density at radius 3 is 2.69 bits per heavy atom. The summed E-state index contributed by atoms with van der Waals surface area (Å²) in [5.41, 5.74) is 1.11. The van der Waals surface area contributed by atoms with E-state index < -0.39 is 5.60 Å². The molecule has 1 aromatic rings. The number of aliphatic hydroxyl groups is 2. The monoisotopic (exact) mass is 218 g/mol. The molecule has 0 fully saturated rings. The van der Waals surface area contributed by atoms with E-state index in [1.54, 1.807) is 13.8 Å². The second kappa shape index (κ2) is 5.69. The van der Waals surface area contributed by atoms with Gasteiger partial charge in [0, 0.05) is 12.2 Å². The average molecular weight is 218 g/mol. The molecule has 0 bridgehead atoms. The summed E-state index contributed by atoms with van der Waals surface area (Å²) in [5.74, 6) is 5.72. The summed E-state index contributed by atoms with van der Waals surface area (Å²) in [6.45, 7) is 3.53. The quantitative estimate of drug-likeness (QED) is 0.759. The molecule has 0 saturated carbocycles. The minimum absolute atomic E-state index is 0.208. The zero-order valence-corrected chi connectivity index (χ0v) is 9.83. The molecular formula is C14H18O2. The predicted octanol–water partition coefficient (Wildman–Crippen LogP) is 1.73. The van der Waals surface area contributed by atoms with Crippen LogP contribution in [0.3, 0.4) is 0 Å². The third-order valence-electron chi connectivity index (χ3n) is 2.06. The maximum atomic E-state index is 9.48. The largest absolute Gasteiger partial charge is 0.396 e. The van der Waals surface area contributed by atoms with Crippen molar-refractivity contribution in [3.8, 4) is 11.8 Å². The summed E-state index contributed by atoms with van der Waals surface area (Å²) in [5, 5.41) is 18.2. The highest BCUT2D eigenvalue weighted by Crippen LogP contribution is 2.07. The first-order chi connectivity index (χ1) is 7.51. The van der Waals surface area contributed by atoms with Gasteiger partial charge in [-0.2, -0.15) is 0 Å². The molecule has 0 atom stereocenters. The first kappa shape index (κ1) is 12.8. The molecule has 86 valence electrons. The van der Waals surface area contributed by atoms with Crippen molar-refractivity contribution in [2.75, 3.05) is 6.61 Å². The lowest BCUT2D eigenvalue weighted by Gasteiger charge is -2.06. The van der Waals surface area contributed by atoms with Gasteiger partial charge in [-0.3, -0.25) is 0 Å². The molecule has 1 aromatic carbocycles. The first-order valence-corrected chi connectivity index (χ1v) is 5.46. The highest BCUT2D eigenvalue weighted by atomic mass is 16.3. The number of benzene rings is 1. The fraction of sp³-hybridized carbons (Fsp3) is 0.429. The van der Waals surface area contributed by atoms with Gasteiger partial charge in [-0.25, -0.2) is 0 Å². The summed E-state index contributed by atoms with van der Waals surface area (Å²) in [4.78, 5) is 0. The average Bonchev–Trinajstić information content (AvgIpc) is 2.23. The van der Waals surface area contributed by atoms with E-state index >= 15 is 0 Å². The molecule has 0 saturated heterocycles. The van der Waals surface area contributed by atoms with E-state index in [2.05, 4.69) is 11.8 Å². The van der Waals surface area contributed by atoms with E-state index in [1.807, 2.05) is 24.3 Å². The van der Waals surface area contributed by atoms with Gasteiger partial charge in [0.05, 0.1) is 0 Å². The highest BCUT2D eigenvalue weighted by Gasteiger charge is 2.05. The molecule has 0 unspecified atom stereocenters. The van der Waals surface area contributed by atoms with Gasteiger partial charge in [-0.1, -0.05) is 24.0 Å². The van der Waals surface area contributed by atoms with Gasteiger partial charge in [-0.05, 0) is 44.4 Å². The molecular weight excluding hydrogens is 200 g/mol. The van der Waals surface area contributed by atoms with Crippen LogP contribution in [-0.2, 0) is 6.42 Å². The summed E-state index contributed by atoms with van der Waals surface area (Å²) >= 11 is 0. The summed E-state index contributed by atoms with van der Waals surface area (Å²) in [6.07, 6.45) is 1.62. The molecule has 0 heterocycles. The lowest BCUT2D eigenvalue weighted by Crippen LogP contribution is -2.14. The molecule has 0 aliphatic rings. The van der Waals surface area contributed by atoms with E-state index in [0.29, 0.717) is 0 Å². The second-order valence-electron chi connectivity index (χ2n) is 4.34.